The van der Waals surface area contributed by atoms with Gasteiger partial charge in [-0.15, -0.1) is 0 Å². The van der Waals surface area contributed by atoms with E-state index in [9.17, 15) is 4.79 Å². The SMILES string of the molecule is O=C(Nc1ccc(-c2ccccc2)cc1)C(Cl)(Cl)Cl. The zero-order chi connectivity index (χ0) is 13.9. The monoisotopic (exact) mass is 313 g/mol. The Kier molecular flexibility index (Phi) is 4.35. The summed E-state index contributed by atoms with van der Waals surface area (Å²) >= 11 is 16.4. The molecule has 0 aromatic heterocycles. The van der Waals surface area contributed by atoms with Crippen molar-refractivity contribution < 1.29 is 4.79 Å². The Balaban J connectivity index is 2.14. The van der Waals surface area contributed by atoms with Gasteiger partial charge in [0, 0.05) is 5.69 Å². The number of amides is 1. The molecule has 2 aromatic rings. The smallest absolute Gasteiger partial charge is 0.276 e. The first-order valence-corrected chi connectivity index (χ1v) is 6.64. The molecule has 19 heavy (non-hydrogen) atoms. The lowest BCUT2D eigenvalue weighted by atomic mass is 10.1. The van der Waals surface area contributed by atoms with Gasteiger partial charge < -0.3 is 5.32 Å². The van der Waals surface area contributed by atoms with Crippen LogP contribution in [0.15, 0.2) is 54.6 Å². The van der Waals surface area contributed by atoms with Crippen molar-refractivity contribution in [3.05, 3.63) is 54.6 Å². The second-order valence-corrected chi connectivity index (χ2v) is 6.18. The normalized spacial score (nSPS) is 11.1. The van der Waals surface area contributed by atoms with Crippen LogP contribution in [0.3, 0.4) is 0 Å². The van der Waals surface area contributed by atoms with Crippen LogP contribution in [0.25, 0.3) is 11.1 Å². The Morgan fingerprint density at radius 1 is 0.842 bits per heavy atom. The van der Waals surface area contributed by atoms with Crippen LogP contribution in [-0.4, -0.2) is 9.70 Å². The van der Waals surface area contributed by atoms with E-state index in [2.05, 4.69) is 5.32 Å². The maximum absolute atomic E-state index is 11.5. The van der Waals surface area contributed by atoms with Gasteiger partial charge in [-0.2, -0.15) is 0 Å². The number of hydrogen-bond donors (Lipinski definition) is 1. The van der Waals surface area contributed by atoms with E-state index < -0.39 is 9.70 Å². The van der Waals surface area contributed by atoms with Crippen molar-refractivity contribution in [1.82, 2.24) is 0 Å². The van der Waals surface area contributed by atoms with Gasteiger partial charge in [0.2, 0.25) is 0 Å². The molecule has 5 heteroatoms. The molecule has 0 saturated carbocycles. The number of halogens is 3. The summed E-state index contributed by atoms with van der Waals surface area (Å²) in [5, 5.41) is 2.53. The van der Waals surface area contributed by atoms with E-state index in [0.717, 1.165) is 11.1 Å². The van der Waals surface area contributed by atoms with Gasteiger partial charge in [-0.25, -0.2) is 0 Å². The highest BCUT2D eigenvalue weighted by atomic mass is 35.6. The number of hydrogen-bond acceptors (Lipinski definition) is 1. The molecule has 1 amide bonds. The number of nitrogens with one attached hydrogen (secondary N) is 1. The van der Waals surface area contributed by atoms with Crippen molar-refractivity contribution in [2.75, 3.05) is 5.32 Å². The molecule has 98 valence electrons. The highest BCUT2D eigenvalue weighted by molar-refractivity contribution is 6.76. The average molecular weight is 315 g/mol. The molecule has 0 radical (unpaired) electrons. The second-order valence-electron chi connectivity index (χ2n) is 3.90. The maximum Gasteiger partial charge on any atom is 0.276 e. The topological polar surface area (TPSA) is 29.1 Å². The summed E-state index contributed by atoms with van der Waals surface area (Å²) in [6, 6.07) is 17.2. The number of alkyl halides is 3. The third-order valence-electron chi connectivity index (χ3n) is 2.51. The van der Waals surface area contributed by atoms with Crippen LogP contribution < -0.4 is 5.32 Å². The number of anilines is 1. The predicted molar refractivity (Wildman–Crippen MR) is 80.8 cm³/mol. The third kappa shape index (κ3) is 3.87. The molecule has 0 atom stereocenters. The lowest BCUT2D eigenvalue weighted by molar-refractivity contribution is -0.115. The van der Waals surface area contributed by atoms with Crippen LogP contribution in [0.1, 0.15) is 0 Å². The summed E-state index contributed by atoms with van der Waals surface area (Å²) in [4.78, 5) is 11.5. The van der Waals surface area contributed by atoms with E-state index in [1.165, 1.54) is 0 Å². The highest BCUT2D eigenvalue weighted by Gasteiger charge is 2.30. The quantitative estimate of drug-likeness (QED) is 0.802. The number of carbonyl (C=O) groups is 1. The van der Waals surface area contributed by atoms with E-state index in [0.29, 0.717) is 5.69 Å². The van der Waals surface area contributed by atoms with Crippen molar-refractivity contribution in [3.63, 3.8) is 0 Å². The zero-order valence-electron chi connectivity index (χ0n) is 9.74. The zero-order valence-corrected chi connectivity index (χ0v) is 12.0. The van der Waals surface area contributed by atoms with E-state index in [-0.39, 0.29) is 0 Å². The molecule has 2 aromatic carbocycles. The molecule has 2 rings (SSSR count). The minimum Gasteiger partial charge on any atom is -0.322 e. The van der Waals surface area contributed by atoms with Crippen LogP contribution in [0, 0.1) is 0 Å². The van der Waals surface area contributed by atoms with Crippen LogP contribution in [0.4, 0.5) is 5.69 Å². The van der Waals surface area contributed by atoms with Gasteiger partial charge in [-0.05, 0) is 23.3 Å². The van der Waals surface area contributed by atoms with Crippen molar-refractivity contribution in [2.24, 2.45) is 0 Å². The van der Waals surface area contributed by atoms with Crippen molar-refractivity contribution in [2.45, 2.75) is 3.79 Å². The van der Waals surface area contributed by atoms with E-state index in [4.69, 9.17) is 34.8 Å². The van der Waals surface area contributed by atoms with Crippen molar-refractivity contribution in [1.29, 1.82) is 0 Å². The van der Waals surface area contributed by atoms with E-state index in [1.54, 1.807) is 12.1 Å². The molecular formula is C14H10Cl3NO. The van der Waals surface area contributed by atoms with Crippen LogP contribution >= 0.6 is 34.8 Å². The first kappa shape index (κ1) is 14.2. The van der Waals surface area contributed by atoms with Gasteiger partial charge in [0.15, 0.2) is 0 Å². The largest absolute Gasteiger partial charge is 0.322 e. The molecule has 0 unspecified atom stereocenters. The van der Waals surface area contributed by atoms with Gasteiger partial charge in [-0.1, -0.05) is 77.3 Å². The summed E-state index contributed by atoms with van der Waals surface area (Å²) in [6.07, 6.45) is 0. The van der Waals surface area contributed by atoms with E-state index >= 15 is 0 Å². The summed E-state index contributed by atoms with van der Waals surface area (Å²) in [5.74, 6) is -0.676. The molecule has 0 heterocycles. The molecule has 0 saturated heterocycles. The molecule has 2 nitrogen and oxygen atoms in total. The van der Waals surface area contributed by atoms with Gasteiger partial charge >= 0.3 is 0 Å². The Morgan fingerprint density at radius 3 is 1.89 bits per heavy atom. The van der Waals surface area contributed by atoms with Crippen molar-refractivity contribution >= 4 is 46.4 Å². The summed E-state index contributed by atoms with van der Waals surface area (Å²) in [6.45, 7) is 0. The summed E-state index contributed by atoms with van der Waals surface area (Å²) < 4.78 is -1.96. The fourth-order valence-electron chi connectivity index (χ4n) is 1.58. The molecule has 0 aliphatic heterocycles. The molecule has 1 N–H and O–H groups in total. The summed E-state index contributed by atoms with van der Waals surface area (Å²) in [7, 11) is 0. The predicted octanol–water partition coefficient (Wildman–Crippen LogP) is 4.66. The number of rotatable bonds is 2. The van der Waals surface area contributed by atoms with Crippen LogP contribution in [-0.2, 0) is 4.79 Å². The third-order valence-corrected chi connectivity index (χ3v) is 3.02. The average Bonchev–Trinajstić information content (AvgIpc) is 2.39. The molecule has 0 spiro atoms. The molecular weight excluding hydrogens is 305 g/mol. The van der Waals surface area contributed by atoms with Gasteiger partial charge in [0.05, 0.1) is 0 Å². The minimum absolute atomic E-state index is 0.580. The van der Waals surface area contributed by atoms with Crippen LogP contribution in [0.2, 0.25) is 0 Å². The Morgan fingerprint density at radius 2 is 1.37 bits per heavy atom. The standard InChI is InChI=1S/C14H10Cl3NO/c15-14(16,17)13(19)18-12-8-6-11(7-9-12)10-4-2-1-3-5-10/h1-9H,(H,18,19). The molecule has 0 bridgehead atoms. The molecule has 0 fully saturated rings. The Bertz CT molecular complexity index is 561. The first-order chi connectivity index (χ1) is 8.97. The highest BCUT2D eigenvalue weighted by Crippen LogP contribution is 2.28. The fourth-order valence-corrected chi connectivity index (χ4v) is 1.72. The second kappa shape index (κ2) is 5.83. The van der Waals surface area contributed by atoms with Gasteiger partial charge in [-0.3, -0.25) is 4.79 Å². The maximum atomic E-state index is 11.5. The first-order valence-electron chi connectivity index (χ1n) is 5.50. The van der Waals surface area contributed by atoms with Crippen LogP contribution in [0.5, 0.6) is 0 Å². The summed E-state index contributed by atoms with van der Waals surface area (Å²) in [5.41, 5.74) is 2.73. The van der Waals surface area contributed by atoms with E-state index in [1.807, 2.05) is 42.5 Å². The lowest BCUT2D eigenvalue weighted by Gasteiger charge is -2.11. The van der Waals surface area contributed by atoms with Gasteiger partial charge in [0.1, 0.15) is 0 Å². The lowest BCUT2D eigenvalue weighted by Crippen LogP contribution is -2.26. The number of carbonyl (C=O) groups excluding carboxylic acids is 1. The van der Waals surface area contributed by atoms with Crippen molar-refractivity contribution in [3.8, 4) is 11.1 Å². The Labute approximate surface area is 126 Å². The molecule has 0 aliphatic carbocycles. The number of benzene rings is 2. The fraction of sp³-hybridized carbons (Fsp3) is 0.0714. The van der Waals surface area contributed by atoms with Gasteiger partial charge in [0.25, 0.3) is 9.70 Å². The minimum atomic E-state index is -1.96. The molecule has 0 aliphatic rings. The Hall–Kier alpha value is -1.22.